The maximum Gasteiger partial charge on any atom is 0.153 e. The molecule has 0 bridgehead atoms. The largest absolute Gasteiger partial charge is 0.492 e. The average molecular weight is 425 g/mol. The van der Waals surface area contributed by atoms with Crippen LogP contribution < -0.4 is 10.5 Å². The van der Waals surface area contributed by atoms with Crippen molar-refractivity contribution in [2.75, 3.05) is 12.3 Å². The number of aldehydes is 1. The van der Waals surface area contributed by atoms with Gasteiger partial charge in [-0.05, 0) is 67.6 Å². The lowest BCUT2D eigenvalue weighted by Crippen LogP contribution is -2.00. The third-order valence-electron chi connectivity index (χ3n) is 5.25. The van der Waals surface area contributed by atoms with Crippen molar-refractivity contribution >= 4 is 34.1 Å². The normalized spacial score (nSPS) is 11.2. The lowest BCUT2D eigenvalue weighted by Gasteiger charge is -2.13. The molecule has 160 valence electrons. The molecule has 0 unspecified atom stereocenters. The summed E-state index contributed by atoms with van der Waals surface area (Å²) in [7, 11) is 0. The van der Waals surface area contributed by atoms with Gasteiger partial charge in [0.15, 0.2) is 6.29 Å². The molecule has 4 aromatic rings. The van der Waals surface area contributed by atoms with Crippen molar-refractivity contribution in [1.29, 1.82) is 0 Å². The first-order chi connectivity index (χ1) is 15.5. The Bertz CT molecular complexity index is 1330. The second kappa shape index (κ2) is 8.98. The lowest BCUT2D eigenvalue weighted by molar-refractivity contribution is 0.112. The Morgan fingerprint density at radius 3 is 2.50 bits per heavy atom. The van der Waals surface area contributed by atoms with Crippen molar-refractivity contribution in [3.63, 3.8) is 0 Å². The second-order valence-corrected chi connectivity index (χ2v) is 7.56. The van der Waals surface area contributed by atoms with E-state index in [1.165, 1.54) is 0 Å². The molecule has 0 saturated carbocycles. The number of carbonyl (C=O) groups is 1. The number of ether oxygens (including phenoxy) is 1. The average Bonchev–Trinajstić information content (AvgIpc) is 2.82. The summed E-state index contributed by atoms with van der Waals surface area (Å²) >= 11 is 0. The van der Waals surface area contributed by atoms with Gasteiger partial charge in [0.2, 0.25) is 0 Å². The molecule has 1 aromatic heterocycles. The number of benzene rings is 3. The Morgan fingerprint density at radius 2 is 1.81 bits per heavy atom. The lowest BCUT2D eigenvalue weighted by atomic mass is 10.0. The molecular formula is C26H24N4O2. The number of azo groups is 1. The molecule has 3 aromatic carbocycles. The zero-order chi connectivity index (χ0) is 22.7. The maximum absolute atomic E-state index is 11.5. The Balaban J connectivity index is 1.67. The predicted octanol–water partition coefficient (Wildman–Crippen LogP) is 6.73. The number of hydrogen-bond acceptors (Lipinski definition) is 6. The van der Waals surface area contributed by atoms with Crippen molar-refractivity contribution in [3.8, 4) is 17.0 Å². The first-order valence-electron chi connectivity index (χ1n) is 10.4. The van der Waals surface area contributed by atoms with E-state index in [1.54, 1.807) is 12.3 Å². The molecule has 32 heavy (non-hydrogen) atoms. The van der Waals surface area contributed by atoms with Gasteiger partial charge >= 0.3 is 0 Å². The third kappa shape index (κ3) is 4.07. The van der Waals surface area contributed by atoms with Gasteiger partial charge in [0.05, 0.1) is 29.7 Å². The summed E-state index contributed by atoms with van der Waals surface area (Å²) in [6.07, 6.45) is 2.45. The summed E-state index contributed by atoms with van der Waals surface area (Å²) in [5.74, 6) is 0.536. The topological polar surface area (TPSA) is 89.9 Å². The zero-order valence-electron chi connectivity index (χ0n) is 18.3. The minimum absolute atomic E-state index is 0.454. The predicted molar refractivity (Wildman–Crippen MR) is 128 cm³/mol. The molecule has 0 aliphatic heterocycles. The Labute approximate surface area is 186 Å². The third-order valence-corrected chi connectivity index (χ3v) is 5.25. The fourth-order valence-electron chi connectivity index (χ4n) is 3.74. The van der Waals surface area contributed by atoms with Crippen molar-refractivity contribution in [1.82, 2.24) is 4.98 Å². The van der Waals surface area contributed by atoms with E-state index in [2.05, 4.69) is 15.2 Å². The standard InChI is InChI=1S/C26H24N4O2/c1-4-32-26-18(15-31)11-16(2)12-22(26)23-10-9-19(14-28-23)29-30-24-13-17(3)20-7-5-6-8-21(20)25(24)27/h5-15H,4,27H2,1-3H3. The van der Waals surface area contributed by atoms with Gasteiger partial charge < -0.3 is 10.5 Å². The number of carbonyl (C=O) groups excluding carboxylic acids is 1. The van der Waals surface area contributed by atoms with Gasteiger partial charge in [-0.3, -0.25) is 9.78 Å². The van der Waals surface area contributed by atoms with E-state index in [9.17, 15) is 4.79 Å². The molecule has 2 N–H and O–H groups in total. The highest BCUT2D eigenvalue weighted by Gasteiger charge is 2.14. The van der Waals surface area contributed by atoms with E-state index >= 15 is 0 Å². The summed E-state index contributed by atoms with van der Waals surface area (Å²) in [6.45, 7) is 6.30. The molecule has 1 heterocycles. The molecule has 0 saturated heterocycles. The molecule has 0 atom stereocenters. The van der Waals surface area contributed by atoms with Crippen LogP contribution >= 0.6 is 0 Å². The zero-order valence-corrected chi connectivity index (χ0v) is 18.3. The van der Waals surface area contributed by atoms with Gasteiger partial charge in [-0.2, -0.15) is 0 Å². The number of hydrogen-bond donors (Lipinski definition) is 1. The summed E-state index contributed by atoms with van der Waals surface area (Å²) < 4.78 is 5.74. The number of nitrogens with two attached hydrogens (primary N) is 1. The van der Waals surface area contributed by atoms with Crippen molar-refractivity contribution < 1.29 is 9.53 Å². The van der Waals surface area contributed by atoms with Crippen molar-refractivity contribution in [2.24, 2.45) is 10.2 Å². The smallest absolute Gasteiger partial charge is 0.153 e. The molecule has 0 fully saturated rings. The minimum Gasteiger partial charge on any atom is -0.492 e. The molecule has 6 nitrogen and oxygen atoms in total. The first kappa shape index (κ1) is 21.2. The first-order valence-corrected chi connectivity index (χ1v) is 10.4. The summed E-state index contributed by atoms with van der Waals surface area (Å²) in [6, 6.07) is 17.3. The Morgan fingerprint density at radius 1 is 1.03 bits per heavy atom. The fraction of sp³-hybridized carbons (Fsp3) is 0.154. The number of pyridine rings is 1. The van der Waals surface area contributed by atoms with Gasteiger partial charge in [0.1, 0.15) is 17.1 Å². The monoisotopic (exact) mass is 424 g/mol. The summed E-state index contributed by atoms with van der Waals surface area (Å²) in [5, 5.41) is 10.8. The van der Waals surface area contributed by atoms with Gasteiger partial charge in [0, 0.05) is 10.9 Å². The quantitative estimate of drug-likeness (QED) is 0.211. The molecule has 6 heteroatoms. The minimum atomic E-state index is 0.454. The van der Waals surface area contributed by atoms with Crippen LogP contribution in [-0.2, 0) is 0 Å². The Kier molecular flexibility index (Phi) is 5.94. The SMILES string of the molecule is CCOc1c(C=O)cc(C)cc1-c1ccc(N=Nc2cc(C)c3ccccc3c2N)cn1. The second-order valence-electron chi connectivity index (χ2n) is 7.56. The summed E-state index contributed by atoms with van der Waals surface area (Å²) in [5.41, 5.74) is 12.2. The summed E-state index contributed by atoms with van der Waals surface area (Å²) in [4.78, 5) is 16.0. The van der Waals surface area contributed by atoms with E-state index in [4.69, 9.17) is 10.5 Å². The van der Waals surface area contributed by atoms with Crippen LogP contribution in [0.25, 0.3) is 22.0 Å². The number of rotatable bonds is 6. The van der Waals surface area contributed by atoms with E-state index in [1.807, 2.05) is 69.3 Å². The van der Waals surface area contributed by atoms with Crippen LogP contribution in [-0.4, -0.2) is 17.9 Å². The number of anilines is 1. The number of aryl methyl sites for hydroxylation is 2. The number of nitrogens with zero attached hydrogens (tertiary/aromatic N) is 3. The number of nitrogen functional groups attached to an aromatic ring is 1. The highest BCUT2D eigenvalue weighted by molar-refractivity contribution is 6.00. The van der Waals surface area contributed by atoms with Crippen molar-refractivity contribution in [2.45, 2.75) is 20.8 Å². The van der Waals surface area contributed by atoms with Crippen molar-refractivity contribution in [3.05, 3.63) is 77.5 Å². The van der Waals surface area contributed by atoms with Crippen LogP contribution in [0.4, 0.5) is 17.1 Å². The van der Waals surface area contributed by atoms with E-state index in [0.29, 0.717) is 40.7 Å². The van der Waals surface area contributed by atoms with Crippen LogP contribution in [0.1, 0.15) is 28.4 Å². The highest BCUT2D eigenvalue weighted by atomic mass is 16.5. The maximum atomic E-state index is 11.5. The van der Waals surface area contributed by atoms with Crippen LogP contribution in [0, 0.1) is 13.8 Å². The molecule has 0 aliphatic carbocycles. The van der Waals surface area contributed by atoms with Crippen LogP contribution in [0.5, 0.6) is 5.75 Å². The number of aromatic nitrogens is 1. The van der Waals surface area contributed by atoms with Gasteiger partial charge in [-0.25, -0.2) is 0 Å². The van der Waals surface area contributed by atoms with Gasteiger partial charge in [0.25, 0.3) is 0 Å². The molecule has 0 radical (unpaired) electrons. The molecular weight excluding hydrogens is 400 g/mol. The number of fused-ring (bicyclic) bond motifs is 1. The van der Waals surface area contributed by atoms with Crippen LogP contribution in [0.2, 0.25) is 0 Å². The molecule has 0 aliphatic rings. The molecule has 0 spiro atoms. The Hall–Kier alpha value is -4.06. The molecule has 0 amide bonds. The highest BCUT2D eigenvalue weighted by Crippen LogP contribution is 2.36. The fourth-order valence-corrected chi connectivity index (χ4v) is 3.74. The van der Waals surface area contributed by atoms with E-state index in [-0.39, 0.29) is 0 Å². The van der Waals surface area contributed by atoms with Crippen LogP contribution in [0.15, 0.2) is 71.0 Å². The van der Waals surface area contributed by atoms with Crippen LogP contribution in [0.3, 0.4) is 0 Å². The van der Waals surface area contributed by atoms with E-state index < -0.39 is 0 Å². The van der Waals surface area contributed by atoms with Gasteiger partial charge in [-0.15, -0.1) is 10.2 Å². The van der Waals surface area contributed by atoms with E-state index in [0.717, 1.165) is 33.7 Å². The van der Waals surface area contributed by atoms with Gasteiger partial charge in [-0.1, -0.05) is 24.3 Å². The molecule has 4 rings (SSSR count).